The third-order valence-corrected chi connectivity index (χ3v) is 4.60. The minimum absolute atomic E-state index is 0.185. The summed E-state index contributed by atoms with van der Waals surface area (Å²) in [6.07, 6.45) is 0. The molecule has 3 aromatic carbocycles. The molecular formula is C21H16BrClO3. The van der Waals surface area contributed by atoms with Crippen LogP contribution >= 0.6 is 27.5 Å². The van der Waals surface area contributed by atoms with Gasteiger partial charge in [-0.25, -0.2) is 4.79 Å². The SMILES string of the molecule is Cc1cc(Cl)ccc1OCC(=O)Oc1ccc(-c2ccccc2)cc1Br. The molecule has 0 bridgehead atoms. The van der Waals surface area contributed by atoms with Crippen molar-refractivity contribution in [3.63, 3.8) is 0 Å². The van der Waals surface area contributed by atoms with Crippen molar-refractivity contribution in [1.82, 2.24) is 0 Å². The van der Waals surface area contributed by atoms with Crippen molar-refractivity contribution in [2.45, 2.75) is 6.92 Å². The van der Waals surface area contributed by atoms with Crippen LogP contribution in [0.5, 0.6) is 11.5 Å². The van der Waals surface area contributed by atoms with Gasteiger partial charge >= 0.3 is 5.97 Å². The molecule has 0 radical (unpaired) electrons. The lowest BCUT2D eigenvalue weighted by Gasteiger charge is -2.11. The van der Waals surface area contributed by atoms with Crippen molar-refractivity contribution >= 4 is 33.5 Å². The van der Waals surface area contributed by atoms with E-state index in [4.69, 9.17) is 21.1 Å². The van der Waals surface area contributed by atoms with Crippen LogP contribution in [0.1, 0.15) is 5.56 Å². The van der Waals surface area contributed by atoms with Gasteiger partial charge in [0.2, 0.25) is 0 Å². The molecule has 0 atom stereocenters. The van der Waals surface area contributed by atoms with Crippen LogP contribution in [0.3, 0.4) is 0 Å². The number of benzene rings is 3. The molecule has 0 aliphatic rings. The molecule has 26 heavy (non-hydrogen) atoms. The summed E-state index contributed by atoms with van der Waals surface area (Å²) >= 11 is 9.36. The average molecular weight is 432 g/mol. The first-order valence-electron chi connectivity index (χ1n) is 7.97. The Bertz CT molecular complexity index is 926. The van der Waals surface area contributed by atoms with Crippen molar-refractivity contribution in [2.24, 2.45) is 0 Å². The Morgan fingerprint density at radius 1 is 0.962 bits per heavy atom. The lowest BCUT2D eigenvalue weighted by molar-refractivity contribution is -0.136. The van der Waals surface area contributed by atoms with Gasteiger partial charge in [-0.3, -0.25) is 0 Å². The van der Waals surface area contributed by atoms with Crippen molar-refractivity contribution in [1.29, 1.82) is 0 Å². The maximum absolute atomic E-state index is 12.1. The van der Waals surface area contributed by atoms with E-state index in [-0.39, 0.29) is 6.61 Å². The molecule has 0 N–H and O–H groups in total. The monoisotopic (exact) mass is 430 g/mol. The minimum atomic E-state index is -0.479. The summed E-state index contributed by atoms with van der Waals surface area (Å²) in [6, 6.07) is 20.8. The first-order valence-corrected chi connectivity index (χ1v) is 9.14. The highest BCUT2D eigenvalue weighted by molar-refractivity contribution is 9.10. The number of aryl methyl sites for hydroxylation is 1. The van der Waals surface area contributed by atoms with E-state index in [0.29, 0.717) is 21.0 Å². The Balaban J connectivity index is 1.64. The van der Waals surface area contributed by atoms with Crippen molar-refractivity contribution in [3.05, 3.63) is 81.8 Å². The molecular weight excluding hydrogens is 416 g/mol. The highest BCUT2D eigenvalue weighted by Gasteiger charge is 2.11. The standard InChI is InChI=1S/C21H16BrClO3/c1-14-11-17(23)8-10-19(14)25-13-21(24)26-20-9-7-16(12-18(20)22)15-5-3-2-4-6-15/h2-12H,13H2,1H3. The summed E-state index contributed by atoms with van der Waals surface area (Å²) in [5.41, 5.74) is 2.98. The van der Waals surface area contributed by atoms with Gasteiger partial charge in [0.1, 0.15) is 11.5 Å². The summed E-state index contributed by atoms with van der Waals surface area (Å²) in [6.45, 7) is 1.68. The summed E-state index contributed by atoms with van der Waals surface area (Å²) in [5, 5.41) is 0.625. The molecule has 0 aliphatic heterocycles. The predicted molar refractivity (Wildman–Crippen MR) is 107 cm³/mol. The maximum Gasteiger partial charge on any atom is 0.349 e. The third kappa shape index (κ3) is 4.65. The largest absolute Gasteiger partial charge is 0.482 e. The Morgan fingerprint density at radius 2 is 1.69 bits per heavy atom. The second-order valence-corrected chi connectivity index (χ2v) is 6.97. The molecule has 0 amide bonds. The second kappa shape index (κ2) is 8.39. The normalized spacial score (nSPS) is 10.4. The highest BCUT2D eigenvalue weighted by Crippen LogP contribution is 2.31. The number of carbonyl (C=O) groups is 1. The van der Waals surface area contributed by atoms with Crippen LogP contribution in [0.25, 0.3) is 11.1 Å². The third-order valence-electron chi connectivity index (χ3n) is 3.75. The molecule has 0 aliphatic carbocycles. The van der Waals surface area contributed by atoms with Crippen LogP contribution in [-0.4, -0.2) is 12.6 Å². The van der Waals surface area contributed by atoms with E-state index in [2.05, 4.69) is 15.9 Å². The maximum atomic E-state index is 12.1. The van der Waals surface area contributed by atoms with Crippen LogP contribution in [0.2, 0.25) is 5.02 Å². The van der Waals surface area contributed by atoms with Crippen LogP contribution in [0.4, 0.5) is 0 Å². The Morgan fingerprint density at radius 3 is 2.38 bits per heavy atom. The highest BCUT2D eigenvalue weighted by atomic mass is 79.9. The molecule has 5 heteroatoms. The fraction of sp³-hybridized carbons (Fsp3) is 0.0952. The van der Waals surface area contributed by atoms with Crippen LogP contribution < -0.4 is 9.47 Å². The van der Waals surface area contributed by atoms with Crippen molar-refractivity contribution in [2.75, 3.05) is 6.61 Å². The van der Waals surface area contributed by atoms with Crippen LogP contribution in [-0.2, 0) is 4.79 Å². The number of hydrogen-bond donors (Lipinski definition) is 0. The topological polar surface area (TPSA) is 35.5 Å². The van der Waals surface area contributed by atoms with Gasteiger partial charge in [0.05, 0.1) is 4.47 Å². The molecule has 0 saturated heterocycles. The number of hydrogen-bond acceptors (Lipinski definition) is 3. The van der Waals surface area contributed by atoms with Crippen molar-refractivity contribution < 1.29 is 14.3 Å². The lowest BCUT2D eigenvalue weighted by Crippen LogP contribution is -2.18. The molecule has 0 unspecified atom stereocenters. The molecule has 3 nitrogen and oxygen atoms in total. The number of carbonyl (C=O) groups excluding carboxylic acids is 1. The van der Waals surface area contributed by atoms with E-state index < -0.39 is 5.97 Å². The van der Waals surface area contributed by atoms with E-state index >= 15 is 0 Å². The zero-order chi connectivity index (χ0) is 18.5. The molecule has 3 rings (SSSR count). The fourth-order valence-corrected chi connectivity index (χ4v) is 3.14. The molecule has 0 spiro atoms. The van der Waals surface area contributed by atoms with Gasteiger partial charge in [-0.2, -0.15) is 0 Å². The van der Waals surface area contributed by atoms with E-state index in [1.807, 2.05) is 49.4 Å². The van der Waals surface area contributed by atoms with E-state index in [1.165, 1.54) is 0 Å². The van der Waals surface area contributed by atoms with E-state index in [9.17, 15) is 4.79 Å². The summed E-state index contributed by atoms with van der Waals surface area (Å²) in [7, 11) is 0. The Hall–Kier alpha value is -2.30. The average Bonchev–Trinajstić information content (AvgIpc) is 2.63. The molecule has 0 fully saturated rings. The zero-order valence-corrected chi connectivity index (χ0v) is 16.4. The number of esters is 1. The minimum Gasteiger partial charge on any atom is -0.482 e. The van der Waals surface area contributed by atoms with Gasteiger partial charge in [0.15, 0.2) is 6.61 Å². The van der Waals surface area contributed by atoms with Gasteiger partial charge in [-0.15, -0.1) is 0 Å². The lowest BCUT2D eigenvalue weighted by atomic mass is 10.1. The summed E-state index contributed by atoms with van der Waals surface area (Å²) in [5.74, 6) is 0.573. The predicted octanol–water partition coefficient (Wildman–Crippen LogP) is 6.06. The number of ether oxygens (including phenoxy) is 2. The van der Waals surface area contributed by atoms with Gasteiger partial charge in [-0.1, -0.05) is 48.0 Å². The molecule has 0 saturated carbocycles. The summed E-state index contributed by atoms with van der Waals surface area (Å²) in [4.78, 5) is 12.1. The van der Waals surface area contributed by atoms with Crippen LogP contribution in [0.15, 0.2) is 71.2 Å². The Labute approximate surface area is 165 Å². The molecule has 0 heterocycles. The van der Waals surface area contributed by atoms with Gasteiger partial charge in [0.25, 0.3) is 0 Å². The number of rotatable bonds is 5. The smallest absolute Gasteiger partial charge is 0.349 e. The van der Waals surface area contributed by atoms with Gasteiger partial charge in [-0.05, 0) is 69.9 Å². The van der Waals surface area contributed by atoms with Crippen LogP contribution in [0, 0.1) is 6.92 Å². The molecule has 3 aromatic rings. The molecule has 0 aromatic heterocycles. The van der Waals surface area contributed by atoms with E-state index in [1.54, 1.807) is 24.3 Å². The second-order valence-electron chi connectivity index (χ2n) is 5.68. The molecule has 132 valence electrons. The van der Waals surface area contributed by atoms with Gasteiger partial charge in [0, 0.05) is 5.02 Å². The fourth-order valence-electron chi connectivity index (χ4n) is 2.46. The Kier molecular flexibility index (Phi) is 5.96. The van der Waals surface area contributed by atoms with Gasteiger partial charge < -0.3 is 9.47 Å². The zero-order valence-electron chi connectivity index (χ0n) is 14.0. The summed E-state index contributed by atoms with van der Waals surface area (Å²) < 4.78 is 11.6. The van der Waals surface area contributed by atoms with E-state index in [0.717, 1.165) is 16.7 Å². The van der Waals surface area contributed by atoms with Crippen molar-refractivity contribution in [3.8, 4) is 22.6 Å². The quantitative estimate of drug-likeness (QED) is 0.364. The first-order chi connectivity index (χ1) is 12.5. The first kappa shape index (κ1) is 18.5. The number of halogens is 2.